The van der Waals surface area contributed by atoms with E-state index < -0.39 is 5.97 Å². The Kier molecular flexibility index (Phi) is 5.97. The Hall–Kier alpha value is -2.72. The van der Waals surface area contributed by atoms with Gasteiger partial charge in [-0.1, -0.05) is 34.1 Å². The van der Waals surface area contributed by atoms with Gasteiger partial charge in [-0.05, 0) is 58.6 Å². The number of halogens is 1. The van der Waals surface area contributed by atoms with Crippen LogP contribution >= 0.6 is 27.7 Å². The van der Waals surface area contributed by atoms with Crippen molar-refractivity contribution in [1.82, 2.24) is 20.2 Å². The molecular formula is C16H13BrN6O2S. The lowest BCUT2D eigenvalue weighted by Crippen LogP contribution is -2.15. The number of hydrazone groups is 1. The number of benzene rings is 2. The van der Waals surface area contributed by atoms with E-state index in [9.17, 15) is 4.79 Å². The van der Waals surface area contributed by atoms with Crippen molar-refractivity contribution in [2.24, 2.45) is 5.10 Å². The maximum Gasteiger partial charge on any atom is 0.365 e. The number of ether oxygens (including phenoxy) is 1. The fourth-order valence-corrected chi connectivity index (χ4v) is 2.90. The van der Waals surface area contributed by atoms with Crippen molar-refractivity contribution in [1.29, 1.82) is 0 Å². The molecule has 132 valence electrons. The van der Waals surface area contributed by atoms with Crippen molar-refractivity contribution >= 4 is 44.4 Å². The number of methoxy groups -OCH3 is 1. The molecule has 3 rings (SSSR count). The zero-order valence-corrected chi connectivity index (χ0v) is 15.9. The zero-order valence-electron chi connectivity index (χ0n) is 13.5. The van der Waals surface area contributed by atoms with E-state index >= 15 is 0 Å². The van der Waals surface area contributed by atoms with E-state index in [0.29, 0.717) is 5.16 Å². The number of nitrogens with zero attached hydrogens (tertiary/aromatic N) is 5. The predicted molar refractivity (Wildman–Crippen MR) is 102 cm³/mol. The molecule has 0 amide bonds. The predicted octanol–water partition coefficient (Wildman–Crippen LogP) is 3.12. The Morgan fingerprint density at radius 3 is 2.62 bits per heavy atom. The number of anilines is 1. The second kappa shape index (κ2) is 8.59. The maximum absolute atomic E-state index is 12.1. The normalized spacial score (nSPS) is 11.2. The lowest BCUT2D eigenvalue weighted by atomic mass is 10.3. The molecule has 3 aromatic rings. The summed E-state index contributed by atoms with van der Waals surface area (Å²) in [4.78, 5) is 12.1. The summed E-state index contributed by atoms with van der Waals surface area (Å²) in [7, 11) is 1.29. The molecule has 0 spiro atoms. The van der Waals surface area contributed by atoms with Crippen LogP contribution in [-0.4, -0.2) is 38.3 Å². The number of thioether (sulfide) groups is 1. The van der Waals surface area contributed by atoms with Gasteiger partial charge < -0.3 is 4.74 Å². The van der Waals surface area contributed by atoms with Gasteiger partial charge in [-0.25, -0.2) is 4.79 Å². The van der Waals surface area contributed by atoms with E-state index in [0.717, 1.165) is 27.6 Å². The van der Waals surface area contributed by atoms with E-state index in [4.69, 9.17) is 4.74 Å². The van der Waals surface area contributed by atoms with Crippen LogP contribution < -0.4 is 5.43 Å². The average Bonchev–Trinajstić information content (AvgIpc) is 3.14. The second-order valence-corrected chi connectivity index (χ2v) is 6.71. The molecule has 0 bridgehead atoms. The van der Waals surface area contributed by atoms with Crippen LogP contribution in [-0.2, 0) is 9.53 Å². The van der Waals surface area contributed by atoms with Crippen molar-refractivity contribution in [3.8, 4) is 5.69 Å². The number of hydrogen-bond acceptors (Lipinski definition) is 8. The summed E-state index contributed by atoms with van der Waals surface area (Å²) in [6.45, 7) is 0. The third-order valence-electron chi connectivity index (χ3n) is 3.12. The molecule has 0 fully saturated rings. The molecule has 8 nitrogen and oxygen atoms in total. The van der Waals surface area contributed by atoms with Gasteiger partial charge in [0.25, 0.3) is 0 Å². The Labute approximate surface area is 161 Å². The number of aromatic nitrogens is 4. The molecule has 0 saturated heterocycles. The van der Waals surface area contributed by atoms with Gasteiger partial charge in [0.05, 0.1) is 18.5 Å². The summed E-state index contributed by atoms with van der Waals surface area (Å²) in [5.41, 5.74) is 4.32. The molecule has 0 aliphatic heterocycles. The molecule has 2 aromatic carbocycles. The first-order valence-electron chi connectivity index (χ1n) is 7.36. The standard InChI is InChI=1S/C16H13BrN6O2S/c1-25-15(24)14(19-18-12-9-7-11(17)8-10-12)26-16-20-21-22-23(16)13-5-3-2-4-6-13/h2-10,18H,1H3/b19-14+. The van der Waals surface area contributed by atoms with Gasteiger partial charge in [-0.2, -0.15) is 9.78 Å². The number of para-hydroxylation sites is 1. The van der Waals surface area contributed by atoms with Gasteiger partial charge in [-0.3, -0.25) is 5.43 Å². The number of esters is 1. The third kappa shape index (κ3) is 4.46. The van der Waals surface area contributed by atoms with Gasteiger partial charge >= 0.3 is 5.97 Å². The highest BCUT2D eigenvalue weighted by atomic mass is 79.9. The first kappa shape index (κ1) is 18.1. The quantitative estimate of drug-likeness (QED) is 0.222. The molecule has 0 radical (unpaired) electrons. The van der Waals surface area contributed by atoms with Gasteiger partial charge in [0.2, 0.25) is 10.2 Å². The van der Waals surface area contributed by atoms with Crippen LogP contribution in [0.5, 0.6) is 0 Å². The molecule has 0 unspecified atom stereocenters. The van der Waals surface area contributed by atoms with E-state index in [1.165, 1.54) is 11.8 Å². The maximum atomic E-state index is 12.1. The topological polar surface area (TPSA) is 94.3 Å². The van der Waals surface area contributed by atoms with Crippen LogP contribution in [0, 0.1) is 0 Å². The van der Waals surface area contributed by atoms with Crippen LogP contribution in [0.2, 0.25) is 0 Å². The summed E-state index contributed by atoms with van der Waals surface area (Å²) in [6.07, 6.45) is 0. The molecule has 10 heteroatoms. The number of tetrazole rings is 1. The largest absolute Gasteiger partial charge is 0.464 e. The van der Waals surface area contributed by atoms with E-state index in [1.54, 1.807) is 0 Å². The number of carbonyl (C=O) groups is 1. The highest BCUT2D eigenvalue weighted by Crippen LogP contribution is 2.21. The second-order valence-electron chi connectivity index (χ2n) is 4.84. The van der Waals surface area contributed by atoms with Gasteiger partial charge in [0.15, 0.2) is 0 Å². The van der Waals surface area contributed by atoms with Gasteiger partial charge in [-0.15, -0.1) is 5.10 Å². The molecule has 1 N–H and O–H groups in total. The molecule has 0 saturated carbocycles. The first-order valence-corrected chi connectivity index (χ1v) is 8.97. The van der Waals surface area contributed by atoms with Gasteiger partial charge in [0.1, 0.15) is 0 Å². The van der Waals surface area contributed by atoms with Gasteiger partial charge in [0, 0.05) is 4.47 Å². The van der Waals surface area contributed by atoms with Crippen molar-refractivity contribution in [3.05, 3.63) is 59.1 Å². The van der Waals surface area contributed by atoms with E-state index in [1.807, 2.05) is 54.6 Å². The highest BCUT2D eigenvalue weighted by Gasteiger charge is 2.19. The Morgan fingerprint density at radius 2 is 1.92 bits per heavy atom. The summed E-state index contributed by atoms with van der Waals surface area (Å²) in [5, 5.41) is 16.2. The van der Waals surface area contributed by atoms with Crippen LogP contribution in [0.1, 0.15) is 0 Å². The van der Waals surface area contributed by atoms with Crippen LogP contribution in [0.25, 0.3) is 5.69 Å². The Bertz CT molecular complexity index is 914. The minimum absolute atomic E-state index is 0.0717. The number of rotatable bonds is 4. The summed E-state index contributed by atoms with van der Waals surface area (Å²) in [6, 6.07) is 16.7. The average molecular weight is 433 g/mol. The third-order valence-corrected chi connectivity index (χ3v) is 4.54. The molecule has 1 aromatic heterocycles. The first-order chi connectivity index (χ1) is 12.7. The molecular weight excluding hydrogens is 420 g/mol. The number of nitrogens with one attached hydrogen (secondary N) is 1. The zero-order chi connectivity index (χ0) is 18.4. The SMILES string of the molecule is COC(=O)/C(=N\Nc1ccc(Br)cc1)Sc1nnnn1-c1ccccc1. The molecule has 1 heterocycles. The summed E-state index contributed by atoms with van der Waals surface area (Å²) < 4.78 is 7.26. The smallest absolute Gasteiger partial charge is 0.365 e. The molecule has 0 aliphatic rings. The fourth-order valence-electron chi connectivity index (χ4n) is 1.90. The van der Waals surface area contributed by atoms with Crippen LogP contribution in [0.15, 0.2) is 69.3 Å². The minimum atomic E-state index is -0.595. The lowest BCUT2D eigenvalue weighted by molar-refractivity contribution is -0.132. The molecule has 0 atom stereocenters. The monoisotopic (exact) mass is 432 g/mol. The minimum Gasteiger partial charge on any atom is -0.464 e. The van der Waals surface area contributed by atoms with Crippen molar-refractivity contribution in [3.63, 3.8) is 0 Å². The van der Waals surface area contributed by atoms with Crippen LogP contribution in [0.3, 0.4) is 0 Å². The van der Waals surface area contributed by atoms with Crippen molar-refractivity contribution in [2.45, 2.75) is 5.16 Å². The summed E-state index contributed by atoms with van der Waals surface area (Å²) >= 11 is 4.37. The molecule has 26 heavy (non-hydrogen) atoms. The lowest BCUT2D eigenvalue weighted by Gasteiger charge is -2.06. The van der Waals surface area contributed by atoms with Crippen molar-refractivity contribution < 1.29 is 9.53 Å². The van der Waals surface area contributed by atoms with Crippen LogP contribution in [0.4, 0.5) is 5.69 Å². The fraction of sp³-hybridized carbons (Fsp3) is 0.0625. The number of carbonyl (C=O) groups excluding carboxylic acids is 1. The molecule has 0 aliphatic carbocycles. The van der Waals surface area contributed by atoms with E-state index in [-0.39, 0.29) is 5.04 Å². The number of hydrogen-bond donors (Lipinski definition) is 1. The highest BCUT2D eigenvalue weighted by molar-refractivity contribution is 9.10. The Balaban J connectivity index is 1.84. The summed E-state index contributed by atoms with van der Waals surface area (Å²) in [5.74, 6) is -0.595. The Morgan fingerprint density at radius 1 is 1.19 bits per heavy atom. The van der Waals surface area contributed by atoms with Crippen molar-refractivity contribution in [2.75, 3.05) is 12.5 Å². The van der Waals surface area contributed by atoms with E-state index in [2.05, 4.69) is 42.0 Å².